The fourth-order valence-corrected chi connectivity index (χ4v) is 2.27. The molecule has 0 aliphatic carbocycles. The average molecular weight is 252 g/mol. The molecule has 0 aromatic rings. The Morgan fingerprint density at radius 1 is 0.667 bits per heavy atom. The Kier molecular flexibility index (Phi) is 14.6. The molecule has 0 amide bonds. The van der Waals surface area contributed by atoms with Crippen LogP contribution in [-0.2, 0) is 0 Å². The van der Waals surface area contributed by atoms with Crippen LogP contribution in [0.4, 0.5) is 0 Å². The van der Waals surface area contributed by atoms with Gasteiger partial charge < -0.3 is 0 Å². The Balaban J connectivity index is 3.04. The van der Waals surface area contributed by atoms with Crippen LogP contribution in [0.1, 0.15) is 97.8 Å². The number of allylic oxidation sites excluding steroid dienone is 2. The van der Waals surface area contributed by atoms with Gasteiger partial charge in [0.25, 0.3) is 0 Å². The van der Waals surface area contributed by atoms with E-state index in [-0.39, 0.29) is 0 Å². The molecular formula is C18H36. The van der Waals surface area contributed by atoms with Crippen LogP contribution in [0.5, 0.6) is 0 Å². The molecule has 0 N–H and O–H groups in total. The average Bonchev–Trinajstić information content (AvgIpc) is 2.34. The van der Waals surface area contributed by atoms with Gasteiger partial charge in [-0.1, -0.05) is 84.3 Å². The normalized spacial score (nSPS) is 11.8. The van der Waals surface area contributed by atoms with Gasteiger partial charge in [0.1, 0.15) is 0 Å². The van der Waals surface area contributed by atoms with Gasteiger partial charge in [0.2, 0.25) is 0 Å². The first-order valence-corrected chi connectivity index (χ1v) is 8.42. The highest BCUT2D eigenvalue weighted by Gasteiger charge is 1.93. The molecule has 0 heterocycles. The van der Waals surface area contributed by atoms with Crippen LogP contribution in [0, 0.1) is 5.92 Å². The third-order valence-electron chi connectivity index (χ3n) is 3.54. The molecule has 0 saturated heterocycles. The van der Waals surface area contributed by atoms with Crippen LogP contribution in [-0.4, -0.2) is 0 Å². The summed E-state index contributed by atoms with van der Waals surface area (Å²) in [6.07, 6.45) is 21.5. The molecule has 0 aliphatic heterocycles. The fourth-order valence-electron chi connectivity index (χ4n) is 2.27. The number of unbranched alkanes of at least 4 members (excludes halogenated alkanes) is 9. The zero-order chi connectivity index (χ0) is 13.5. The Morgan fingerprint density at radius 3 is 1.67 bits per heavy atom. The maximum Gasteiger partial charge on any atom is -0.0351 e. The maximum atomic E-state index is 2.41. The van der Waals surface area contributed by atoms with Crippen molar-refractivity contribution in [2.75, 3.05) is 0 Å². The van der Waals surface area contributed by atoms with Crippen molar-refractivity contribution in [3.8, 4) is 0 Å². The van der Waals surface area contributed by atoms with Gasteiger partial charge in [-0.3, -0.25) is 0 Å². The summed E-state index contributed by atoms with van der Waals surface area (Å²) in [7, 11) is 0. The largest absolute Gasteiger partial charge is 0.0885 e. The van der Waals surface area contributed by atoms with Crippen molar-refractivity contribution < 1.29 is 0 Å². The molecule has 0 spiro atoms. The summed E-state index contributed by atoms with van der Waals surface area (Å²) < 4.78 is 0. The van der Waals surface area contributed by atoms with Crippen molar-refractivity contribution in [1.82, 2.24) is 0 Å². The van der Waals surface area contributed by atoms with E-state index in [1.54, 1.807) is 0 Å². The van der Waals surface area contributed by atoms with Crippen LogP contribution in [0.2, 0.25) is 0 Å². The highest BCUT2D eigenvalue weighted by molar-refractivity contribution is 4.81. The predicted molar refractivity (Wildman–Crippen MR) is 85.1 cm³/mol. The van der Waals surface area contributed by atoms with Gasteiger partial charge in [-0.2, -0.15) is 0 Å². The minimum absolute atomic E-state index is 0.887. The van der Waals surface area contributed by atoms with Crippen molar-refractivity contribution in [2.24, 2.45) is 5.92 Å². The molecule has 0 rings (SSSR count). The van der Waals surface area contributed by atoms with E-state index in [0.717, 1.165) is 5.92 Å². The van der Waals surface area contributed by atoms with E-state index < -0.39 is 0 Å². The van der Waals surface area contributed by atoms with E-state index in [2.05, 4.69) is 32.9 Å². The van der Waals surface area contributed by atoms with Gasteiger partial charge in [-0.15, -0.1) is 0 Å². The predicted octanol–water partition coefficient (Wildman–Crippen LogP) is 6.90. The Morgan fingerprint density at radius 2 is 1.17 bits per heavy atom. The summed E-state index contributed by atoms with van der Waals surface area (Å²) in [5.41, 5.74) is 0. The van der Waals surface area contributed by atoms with Crippen LogP contribution < -0.4 is 0 Å². The molecule has 0 unspecified atom stereocenters. The van der Waals surface area contributed by atoms with Crippen LogP contribution in [0.3, 0.4) is 0 Å². The molecule has 0 fully saturated rings. The fraction of sp³-hybridized carbons (Fsp3) is 0.889. The molecule has 0 radical (unpaired) electrons. The highest BCUT2D eigenvalue weighted by atomic mass is 14.0. The lowest BCUT2D eigenvalue weighted by Crippen LogP contribution is -1.86. The van der Waals surface area contributed by atoms with Gasteiger partial charge in [-0.25, -0.2) is 0 Å². The van der Waals surface area contributed by atoms with Gasteiger partial charge in [0, 0.05) is 0 Å². The number of rotatable bonds is 13. The standard InChI is InChI=1S/C18H36/c1-4-5-6-7-8-9-10-11-12-13-14-15-16-17-18(2)3/h10-11,18H,4-9,12-17H2,1-3H3. The third kappa shape index (κ3) is 15.7. The van der Waals surface area contributed by atoms with Gasteiger partial charge in [0.05, 0.1) is 0 Å². The van der Waals surface area contributed by atoms with Gasteiger partial charge in [0.15, 0.2) is 0 Å². The zero-order valence-electron chi connectivity index (χ0n) is 13.2. The molecule has 18 heavy (non-hydrogen) atoms. The molecule has 0 aromatic carbocycles. The minimum Gasteiger partial charge on any atom is -0.0885 e. The van der Waals surface area contributed by atoms with Crippen molar-refractivity contribution in [3.05, 3.63) is 12.2 Å². The second-order valence-corrected chi connectivity index (χ2v) is 6.06. The smallest absolute Gasteiger partial charge is 0.0351 e. The van der Waals surface area contributed by atoms with E-state index >= 15 is 0 Å². The molecule has 0 heteroatoms. The molecule has 0 aliphatic rings. The molecule has 0 bridgehead atoms. The third-order valence-corrected chi connectivity index (χ3v) is 3.54. The van der Waals surface area contributed by atoms with Crippen molar-refractivity contribution >= 4 is 0 Å². The SMILES string of the molecule is CCCCCCCC=CCCCCCCC(C)C. The second-order valence-electron chi connectivity index (χ2n) is 6.06. The monoisotopic (exact) mass is 252 g/mol. The van der Waals surface area contributed by atoms with Gasteiger partial charge >= 0.3 is 0 Å². The highest BCUT2D eigenvalue weighted by Crippen LogP contribution is 2.11. The van der Waals surface area contributed by atoms with E-state index in [1.165, 1.54) is 77.0 Å². The second kappa shape index (κ2) is 14.8. The molecule has 0 atom stereocenters. The van der Waals surface area contributed by atoms with Crippen LogP contribution in [0.15, 0.2) is 12.2 Å². The van der Waals surface area contributed by atoms with Crippen molar-refractivity contribution in [3.63, 3.8) is 0 Å². The van der Waals surface area contributed by atoms with Gasteiger partial charge in [-0.05, 0) is 31.6 Å². The first-order valence-electron chi connectivity index (χ1n) is 8.42. The van der Waals surface area contributed by atoms with E-state index in [4.69, 9.17) is 0 Å². The maximum absolute atomic E-state index is 2.41. The summed E-state index contributed by atoms with van der Waals surface area (Å²) in [5.74, 6) is 0.887. The lowest BCUT2D eigenvalue weighted by atomic mass is 10.0. The number of hydrogen-bond acceptors (Lipinski definition) is 0. The summed E-state index contributed by atoms with van der Waals surface area (Å²) in [4.78, 5) is 0. The first kappa shape index (κ1) is 17.7. The minimum atomic E-state index is 0.887. The molecule has 108 valence electrons. The van der Waals surface area contributed by atoms with Crippen LogP contribution >= 0.6 is 0 Å². The molecular weight excluding hydrogens is 216 g/mol. The molecule has 0 aromatic heterocycles. The zero-order valence-corrected chi connectivity index (χ0v) is 13.2. The summed E-state index contributed by atoms with van der Waals surface area (Å²) >= 11 is 0. The van der Waals surface area contributed by atoms with E-state index in [0.29, 0.717) is 0 Å². The first-order chi connectivity index (χ1) is 8.77. The quantitative estimate of drug-likeness (QED) is 0.247. The lowest BCUT2D eigenvalue weighted by molar-refractivity contribution is 0.521. The topological polar surface area (TPSA) is 0 Å². The van der Waals surface area contributed by atoms with E-state index in [9.17, 15) is 0 Å². The molecule has 0 nitrogen and oxygen atoms in total. The summed E-state index contributed by atoms with van der Waals surface area (Å²) in [6, 6.07) is 0. The van der Waals surface area contributed by atoms with Crippen molar-refractivity contribution in [2.45, 2.75) is 97.8 Å². The number of hydrogen-bond donors (Lipinski definition) is 0. The van der Waals surface area contributed by atoms with Crippen molar-refractivity contribution in [1.29, 1.82) is 0 Å². The summed E-state index contributed by atoms with van der Waals surface area (Å²) in [6.45, 7) is 6.92. The molecule has 0 saturated carbocycles. The van der Waals surface area contributed by atoms with E-state index in [1.807, 2.05) is 0 Å². The Hall–Kier alpha value is -0.260. The van der Waals surface area contributed by atoms with Crippen LogP contribution in [0.25, 0.3) is 0 Å². The Labute approximate surface area is 116 Å². The Bertz CT molecular complexity index is 167. The summed E-state index contributed by atoms with van der Waals surface area (Å²) in [5, 5.41) is 0. The lowest BCUT2D eigenvalue weighted by Gasteiger charge is -2.03.